The third kappa shape index (κ3) is 3.03. The van der Waals surface area contributed by atoms with Gasteiger partial charge in [-0.3, -0.25) is 4.21 Å². The largest absolute Gasteiger partial charge is 0.303 e. The van der Waals surface area contributed by atoms with Crippen LogP contribution in [0.2, 0.25) is 0 Å². The van der Waals surface area contributed by atoms with E-state index in [4.69, 9.17) is 0 Å². The van der Waals surface area contributed by atoms with E-state index >= 15 is 0 Å². The first-order chi connectivity index (χ1) is 7.57. The molecule has 88 valence electrons. The number of nitrogens with zero attached hydrogens (tertiary/aromatic N) is 1. The maximum atomic E-state index is 12.0. The van der Waals surface area contributed by atoms with Gasteiger partial charge in [0.15, 0.2) is 0 Å². The molecule has 0 N–H and O–H groups in total. The summed E-state index contributed by atoms with van der Waals surface area (Å²) >= 11 is 0. The highest BCUT2D eigenvalue weighted by Crippen LogP contribution is 2.24. The summed E-state index contributed by atoms with van der Waals surface area (Å²) in [5.41, 5.74) is 1.13. The predicted molar refractivity (Wildman–Crippen MR) is 70.0 cm³/mol. The molecule has 1 aromatic carbocycles. The van der Waals surface area contributed by atoms with Crippen LogP contribution in [0, 0.1) is 0 Å². The lowest BCUT2D eigenvalue weighted by Crippen LogP contribution is -2.18. The van der Waals surface area contributed by atoms with E-state index in [1.807, 2.05) is 38.4 Å². The number of benzene rings is 1. The van der Waals surface area contributed by atoms with Gasteiger partial charge in [0, 0.05) is 16.7 Å². The Hall–Kier alpha value is -0.930. The smallest absolute Gasteiger partial charge is 0.0571 e. The summed E-state index contributed by atoms with van der Waals surface area (Å²) in [5.74, 6) is 0.511. The third-order valence-electron chi connectivity index (χ3n) is 2.66. The molecule has 1 rings (SSSR count). The molecular formula is C13H19NOS. The molecule has 0 spiro atoms. The van der Waals surface area contributed by atoms with Crippen LogP contribution in [0.3, 0.4) is 0 Å². The van der Waals surface area contributed by atoms with Crippen molar-refractivity contribution >= 4 is 10.8 Å². The van der Waals surface area contributed by atoms with Crippen LogP contribution in [-0.4, -0.2) is 29.0 Å². The summed E-state index contributed by atoms with van der Waals surface area (Å²) in [6, 6.07) is 8.17. The van der Waals surface area contributed by atoms with E-state index in [2.05, 4.69) is 18.4 Å². The van der Waals surface area contributed by atoms with Crippen LogP contribution in [-0.2, 0) is 10.8 Å². The fourth-order valence-corrected chi connectivity index (χ4v) is 2.63. The first kappa shape index (κ1) is 13.1. The molecule has 2 nitrogen and oxygen atoms in total. The topological polar surface area (TPSA) is 20.3 Å². The van der Waals surface area contributed by atoms with Gasteiger partial charge in [-0.2, -0.15) is 0 Å². The Kier molecular flexibility index (Phi) is 4.90. The lowest BCUT2D eigenvalue weighted by atomic mass is 10.1. The molecule has 0 radical (unpaired) electrons. The van der Waals surface area contributed by atoms with Gasteiger partial charge in [0.05, 0.1) is 10.8 Å². The van der Waals surface area contributed by atoms with E-state index in [1.54, 1.807) is 6.08 Å². The molecule has 1 aromatic rings. The number of rotatable bonds is 5. The molecule has 0 amide bonds. The van der Waals surface area contributed by atoms with E-state index in [0.29, 0.717) is 5.75 Å². The van der Waals surface area contributed by atoms with E-state index in [1.165, 1.54) is 0 Å². The Balaban J connectivity index is 3.09. The second-order valence-corrected chi connectivity index (χ2v) is 5.44. The molecule has 0 saturated carbocycles. The average Bonchev–Trinajstić information content (AvgIpc) is 2.28. The fraction of sp³-hybridized carbons (Fsp3) is 0.385. The summed E-state index contributed by atoms with van der Waals surface area (Å²) in [7, 11) is 3.07. The lowest BCUT2D eigenvalue weighted by Gasteiger charge is -2.22. The zero-order valence-corrected chi connectivity index (χ0v) is 11.0. The van der Waals surface area contributed by atoms with Crippen LogP contribution in [0.4, 0.5) is 0 Å². The van der Waals surface area contributed by atoms with Crippen molar-refractivity contribution in [1.82, 2.24) is 4.90 Å². The fourth-order valence-electron chi connectivity index (χ4n) is 1.51. The molecule has 0 saturated heterocycles. The quantitative estimate of drug-likeness (QED) is 0.734. The Morgan fingerprint density at radius 3 is 2.62 bits per heavy atom. The Bertz CT molecular complexity index is 387. The van der Waals surface area contributed by atoms with Crippen LogP contribution in [0.25, 0.3) is 0 Å². The molecule has 0 bridgehead atoms. The minimum absolute atomic E-state index is 0.268. The molecule has 0 aliphatic carbocycles. The van der Waals surface area contributed by atoms with E-state index < -0.39 is 10.8 Å². The van der Waals surface area contributed by atoms with Gasteiger partial charge in [-0.05, 0) is 32.6 Å². The van der Waals surface area contributed by atoms with Crippen molar-refractivity contribution in [1.29, 1.82) is 0 Å². The maximum Gasteiger partial charge on any atom is 0.0571 e. The second kappa shape index (κ2) is 5.97. The van der Waals surface area contributed by atoms with Gasteiger partial charge in [0.25, 0.3) is 0 Å². The Labute approximate surface area is 100 Å². The van der Waals surface area contributed by atoms with Crippen molar-refractivity contribution in [2.45, 2.75) is 17.9 Å². The van der Waals surface area contributed by atoms with Gasteiger partial charge < -0.3 is 4.90 Å². The maximum absolute atomic E-state index is 12.0. The molecule has 3 heteroatoms. The van der Waals surface area contributed by atoms with Crippen LogP contribution in [0.15, 0.2) is 41.8 Å². The standard InChI is InChI=1S/C13H19NOS/c1-5-10-16(15)13-9-7-6-8-12(13)11(2)14(3)4/h5-9,11H,1,10H2,2-4H3/t11-,16?/m1/s1. The Morgan fingerprint density at radius 1 is 1.44 bits per heavy atom. The van der Waals surface area contributed by atoms with Crippen molar-refractivity contribution < 1.29 is 4.21 Å². The molecule has 0 fully saturated rings. The van der Waals surface area contributed by atoms with Crippen molar-refractivity contribution in [3.63, 3.8) is 0 Å². The minimum Gasteiger partial charge on any atom is -0.303 e. The van der Waals surface area contributed by atoms with Gasteiger partial charge in [-0.1, -0.05) is 24.3 Å². The Morgan fingerprint density at radius 2 is 2.06 bits per heavy atom. The van der Waals surface area contributed by atoms with Crippen LogP contribution in [0.5, 0.6) is 0 Å². The zero-order chi connectivity index (χ0) is 12.1. The summed E-state index contributed by atoms with van der Waals surface area (Å²) in [5, 5.41) is 0. The van der Waals surface area contributed by atoms with Gasteiger partial charge in [-0.15, -0.1) is 6.58 Å². The highest BCUT2D eigenvalue weighted by Gasteiger charge is 2.15. The third-order valence-corrected chi connectivity index (χ3v) is 4.06. The van der Waals surface area contributed by atoms with E-state index in [9.17, 15) is 4.21 Å². The number of hydrogen-bond acceptors (Lipinski definition) is 2. The molecule has 16 heavy (non-hydrogen) atoms. The molecule has 0 aliphatic rings. The highest BCUT2D eigenvalue weighted by atomic mass is 32.2. The molecule has 0 aliphatic heterocycles. The lowest BCUT2D eigenvalue weighted by molar-refractivity contribution is 0.317. The average molecular weight is 237 g/mol. The van der Waals surface area contributed by atoms with Crippen molar-refractivity contribution in [3.8, 4) is 0 Å². The van der Waals surface area contributed by atoms with Crippen molar-refractivity contribution in [3.05, 3.63) is 42.5 Å². The van der Waals surface area contributed by atoms with Crippen LogP contribution < -0.4 is 0 Å². The van der Waals surface area contributed by atoms with Crippen molar-refractivity contribution in [2.75, 3.05) is 19.8 Å². The molecule has 0 aromatic heterocycles. The molecule has 2 atom stereocenters. The predicted octanol–water partition coefficient (Wildman–Crippen LogP) is 2.60. The highest BCUT2D eigenvalue weighted by molar-refractivity contribution is 7.85. The van der Waals surface area contributed by atoms with Gasteiger partial charge in [0.2, 0.25) is 0 Å². The molecular weight excluding hydrogens is 218 g/mol. The molecule has 0 heterocycles. The van der Waals surface area contributed by atoms with Gasteiger partial charge in [0.1, 0.15) is 0 Å². The normalized spacial score (nSPS) is 14.8. The monoisotopic (exact) mass is 237 g/mol. The van der Waals surface area contributed by atoms with Crippen LogP contribution >= 0.6 is 0 Å². The number of hydrogen-bond donors (Lipinski definition) is 0. The zero-order valence-electron chi connectivity index (χ0n) is 10.1. The second-order valence-electron chi connectivity index (χ2n) is 3.98. The molecule has 1 unspecified atom stereocenters. The SMILES string of the molecule is C=CCS(=O)c1ccccc1[C@@H](C)N(C)C. The first-order valence-electron chi connectivity index (χ1n) is 5.32. The summed E-state index contributed by atoms with van der Waals surface area (Å²) in [4.78, 5) is 3.04. The van der Waals surface area contributed by atoms with Gasteiger partial charge >= 0.3 is 0 Å². The van der Waals surface area contributed by atoms with E-state index in [0.717, 1.165) is 10.5 Å². The summed E-state index contributed by atoms with van der Waals surface area (Å²) < 4.78 is 12.0. The van der Waals surface area contributed by atoms with E-state index in [-0.39, 0.29) is 6.04 Å². The van der Waals surface area contributed by atoms with Gasteiger partial charge in [-0.25, -0.2) is 0 Å². The van der Waals surface area contributed by atoms with Crippen molar-refractivity contribution in [2.24, 2.45) is 0 Å². The summed E-state index contributed by atoms with van der Waals surface area (Å²) in [6.07, 6.45) is 1.70. The minimum atomic E-state index is -0.977. The van der Waals surface area contributed by atoms with Crippen LogP contribution in [0.1, 0.15) is 18.5 Å². The first-order valence-corrected chi connectivity index (χ1v) is 6.64. The summed E-state index contributed by atoms with van der Waals surface area (Å²) in [6.45, 7) is 5.75.